The Morgan fingerprint density at radius 1 is 1.22 bits per heavy atom. The zero-order chi connectivity index (χ0) is 20.2. The van der Waals surface area contributed by atoms with Crippen LogP contribution < -0.4 is 10.6 Å². The number of amides is 1. The minimum atomic E-state index is -1.10. The van der Waals surface area contributed by atoms with Gasteiger partial charge in [0, 0.05) is 12.1 Å². The Bertz CT molecular complexity index is 715. The lowest BCUT2D eigenvalue weighted by molar-refractivity contribution is -0.146. The predicted molar refractivity (Wildman–Crippen MR) is 97.5 cm³/mol. The van der Waals surface area contributed by atoms with Crippen molar-refractivity contribution in [2.45, 2.75) is 32.7 Å². The summed E-state index contributed by atoms with van der Waals surface area (Å²) in [7, 11) is 0. The zero-order valence-corrected chi connectivity index (χ0v) is 15.3. The van der Waals surface area contributed by atoms with E-state index in [0.717, 1.165) is 6.07 Å². The van der Waals surface area contributed by atoms with Crippen molar-refractivity contribution >= 4 is 23.5 Å². The number of ether oxygens (including phenoxy) is 2. The molecule has 0 aliphatic rings. The van der Waals surface area contributed by atoms with Crippen LogP contribution in [-0.4, -0.2) is 43.6 Å². The standard InChI is InChI=1S/C19H23FN2O5/c1-4-11-21-13-7-8-14(15(20)12-13)18(24)22-16(19(25)27-6-3)9-10-17(23)26-5-2/h1,7-8,12,16,21H,5-6,9-11H2,2-3H3,(H,22,24)/t16-/m0/s1. The molecule has 2 N–H and O–H groups in total. The Hall–Kier alpha value is -3.08. The van der Waals surface area contributed by atoms with Crippen molar-refractivity contribution in [1.82, 2.24) is 5.32 Å². The number of terminal acetylenes is 1. The molecule has 0 saturated heterocycles. The van der Waals surface area contributed by atoms with Gasteiger partial charge in [-0.15, -0.1) is 6.42 Å². The van der Waals surface area contributed by atoms with Crippen molar-refractivity contribution in [3.63, 3.8) is 0 Å². The summed E-state index contributed by atoms with van der Waals surface area (Å²) in [4.78, 5) is 35.9. The Kier molecular flexibility index (Phi) is 9.37. The summed E-state index contributed by atoms with van der Waals surface area (Å²) in [5, 5.41) is 5.19. The van der Waals surface area contributed by atoms with Gasteiger partial charge in [-0.2, -0.15) is 0 Å². The predicted octanol–water partition coefficient (Wildman–Crippen LogP) is 1.88. The van der Waals surface area contributed by atoms with Crippen LogP contribution in [0.25, 0.3) is 0 Å². The molecule has 8 heteroatoms. The highest BCUT2D eigenvalue weighted by Gasteiger charge is 2.25. The van der Waals surface area contributed by atoms with E-state index in [4.69, 9.17) is 15.9 Å². The second-order valence-electron chi connectivity index (χ2n) is 5.37. The van der Waals surface area contributed by atoms with E-state index in [-0.39, 0.29) is 38.2 Å². The van der Waals surface area contributed by atoms with Gasteiger partial charge in [0.05, 0.1) is 25.3 Å². The molecule has 0 radical (unpaired) electrons. The third-order valence-corrected chi connectivity index (χ3v) is 3.43. The smallest absolute Gasteiger partial charge is 0.328 e. The molecule has 146 valence electrons. The second-order valence-corrected chi connectivity index (χ2v) is 5.37. The second kappa shape index (κ2) is 11.5. The third-order valence-electron chi connectivity index (χ3n) is 3.43. The molecule has 1 rings (SSSR count). The number of nitrogens with one attached hydrogen (secondary N) is 2. The molecule has 0 fully saturated rings. The van der Waals surface area contributed by atoms with Gasteiger partial charge in [0.1, 0.15) is 11.9 Å². The topological polar surface area (TPSA) is 93.7 Å². The highest BCUT2D eigenvalue weighted by molar-refractivity contribution is 5.97. The van der Waals surface area contributed by atoms with Crippen LogP contribution >= 0.6 is 0 Å². The van der Waals surface area contributed by atoms with Gasteiger partial charge in [-0.1, -0.05) is 5.92 Å². The van der Waals surface area contributed by atoms with Gasteiger partial charge >= 0.3 is 11.9 Å². The molecule has 0 unspecified atom stereocenters. The van der Waals surface area contributed by atoms with Crippen molar-refractivity contribution in [2.24, 2.45) is 0 Å². The number of hydrogen-bond donors (Lipinski definition) is 2. The average Bonchev–Trinajstić information content (AvgIpc) is 2.63. The number of carbonyl (C=O) groups is 3. The molecule has 27 heavy (non-hydrogen) atoms. The van der Waals surface area contributed by atoms with Gasteiger partial charge in [0.2, 0.25) is 0 Å². The Morgan fingerprint density at radius 2 is 1.93 bits per heavy atom. The van der Waals surface area contributed by atoms with E-state index < -0.39 is 29.7 Å². The van der Waals surface area contributed by atoms with E-state index in [9.17, 15) is 18.8 Å². The maximum atomic E-state index is 14.2. The molecule has 1 aromatic carbocycles. The van der Waals surface area contributed by atoms with E-state index in [2.05, 4.69) is 16.6 Å². The van der Waals surface area contributed by atoms with Crippen molar-refractivity contribution in [3.05, 3.63) is 29.6 Å². The number of rotatable bonds is 10. The molecule has 1 amide bonds. The fourth-order valence-corrected chi connectivity index (χ4v) is 2.19. The molecule has 0 saturated carbocycles. The highest BCUT2D eigenvalue weighted by Crippen LogP contribution is 2.15. The van der Waals surface area contributed by atoms with Crippen LogP contribution in [0.3, 0.4) is 0 Å². The number of benzene rings is 1. The molecule has 1 aromatic rings. The quantitative estimate of drug-likeness (QED) is 0.477. The first-order valence-electron chi connectivity index (χ1n) is 8.52. The fraction of sp³-hybridized carbons (Fsp3) is 0.421. The monoisotopic (exact) mass is 378 g/mol. The summed E-state index contributed by atoms with van der Waals surface area (Å²) in [5.74, 6) is -0.425. The van der Waals surface area contributed by atoms with Crippen LogP contribution in [0.2, 0.25) is 0 Å². The molecule has 0 aromatic heterocycles. The van der Waals surface area contributed by atoms with Crippen molar-refractivity contribution in [2.75, 3.05) is 25.1 Å². The lowest BCUT2D eigenvalue weighted by Gasteiger charge is -2.17. The van der Waals surface area contributed by atoms with Crippen molar-refractivity contribution < 1.29 is 28.2 Å². The molecule has 1 atom stereocenters. The van der Waals surface area contributed by atoms with Crippen LogP contribution in [-0.2, 0) is 19.1 Å². The highest BCUT2D eigenvalue weighted by atomic mass is 19.1. The summed E-state index contributed by atoms with van der Waals surface area (Å²) in [6.45, 7) is 3.80. The van der Waals surface area contributed by atoms with Crippen LogP contribution in [0.15, 0.2) is 18.2 Å². The van der Waals surface area contributed by atoms with E-state index in [1.165, 1.54) is 12.1 Å². The van der Waals surface area contributed by atoms with Crippen molar-refractivity contribution in [3.8, 4) is 12.3 Å². The van der Waals surface area contributed by atoms with E-state index in [1.807, 2.05) is 0 Å². The van der Waals surface area contributed by atoms with Crippen LogP contribution in [0.4, 0.5) is 10.1 Å². The van der Waals surface area contributed by atoms with Crippen LogP contribution in [0.5, 0.6) is 0 Å². The summed E-state index contributed by atoms with van der Waals surface area (Å²) in [5.41, 5.74) is 0.179. The van der Waals surface area contributed by atoms with Gasteiger partial charge in [-0.3, -0.25) is 9.59 Å². The van der Waals surface area contributed by atoms with Gasteiger partial charge in [0.15, 0.2) is 0 Å². The molecule has 0 aliphatic heterocycles. The number of esters is 2. The maximum absolute atomic E-state index is 14.2. The summed E-state index contributed by atoms with van der Waals surface area (Å²) in [6.07, 6.45) is 5.01. The summed E-state index contributed by atoms with van der Waals surface area (Å²) in [6, 6.07) is 2.80. The number of anilines is 1. The first kappa shape index (κ1) is 22.0. The number of carbonyl (C=O) groups excluding carboxylic acids is 3. The van der Waals surface area contributed by atoms with Crippen LogP contribution in [0.1, 0.15) is 37.0 Å². The Labute approximate surface area is 157 Å². The van der Waals surface area contributed by atoms with Crippen molar-refractivity contribution in [1.29, 1.82) is 0 Å². The average molecular weight is 378 g/mol. The normalized spacial score (nSPS) is 11.0. The molecular formula is C19H23FN2O5. The maximum Gasteiger partial charge on any atom is 0.328 e. The minimum absolute atomic E-state index is 0.0210. The number of hydrogen-bond acceptors (Lipinski definition) is 6. The van der Waals surface area contributed by atoms with Gasteiger partial charge in [0.25, 0.3) is 5.91 Å². The molecule has 7 nitrogen and oxygen atoms in total. The zero-order valence-electron chi connectivity index (χ0n) is 15.3. The van der Waals surface area contributed by atoms with Crippen LogP contribution in [0, 0.1) is 18.2 Å². The molecule has 0 bridgehead atoms. The Balaban J connectivity index is 2.84. The molecule has 0 spiro atoms. The Morgan fingerprint density at radius 3 is 2.52 bits per heavy atom. The lowest BCUT2D eigenvalue weighted by atomic mass is 10.1. The van der Waals surface area contributed by atoms with E-state index in [1.54, 1.807) is 13.8 Å². The summed E-state index contributed by atoms with van der Waals surface area (Å²) >= 11 is 0. The van der Waals surface area contributed by atoms with E-state index in [0.29, 0.717) is 5.69 Å². The fourth-order valence-electron chi connectivity index (χ4n) is 2.19. The summed E-state index contributed by atoms with van der Waals surface area (Å²) < 4.78 is 23.9. The van der Waals surface area contributed by atoms with E-state index >= 15 is 0 Å². The largest absolute Gasteiger partial charge is 0.466 e. The number of halogens is 1. The van der Waals surface area contributed by atoms with Gasteiger partial charge < -0.3 is 20.1 Å². The van der Waals surface area contributed by atoms with Gasteiger partial charge in [-0.25, -0.2) is 9.18 Å². The SMILES string of the molecule is C#CCNc1ccc(C(=O)N[C@@H](CCC(=O)OCC)C(=O)OCC)c(F)c1. The molecular weight excluding hydrogens is 355 g/mol. The van der Waals surface area contributed by atoms with Gasteiger partial charge in [-0.05, 0) is 38.5 Å². The minimum Gasteiger partial charge on any atom is -0.466 e. The first-order valence-corrected chi connectivity index (χ1v) is 8.52. The molecule has 0 aliphatic carbocycles. The third kappa shape index (κ3) is 7.36. The first-order chi connectivity index (χ1) is 12.9. The lowest BCUT2D eigenvalue weighted by Crippen LogP contribution is -2.42. The molecule has 0 heterocycles.